The van der Waals surface area contributed by atoms with Crippen molar-refractivity contribution in [2.24, 2.45) is 0 Å². The predicted octanol–water partition coefficient (Wildman–Crippen LogP) is 4.64. The van der Waals surface area contributed by atoms with E-state index in [9.17, 15) is 10.1 Å². The zero-order valence-corrected chi connectivity index (χ0v) is 13.0. The first-order valence-electron chi connectivity index (χ1n) is 6.05. The Bertz CT molecular complexity index is 766. The van der Waals surface area contributed by atoms with E-state index in [4.69, 9.17) is 10.00 Å². The molecule has 0 fully saturated rings. The van der Waals surface area contributed by atoms with Crippen molar-refractivity contribution < 1.29 is 9.66 Å². The van der Waals surface area contributed by atoms with Gasteiger partial charge in [0.2, 0.25) is 5.75 Å². The summed E-state index contributed by atoms with van der Waals surface area (Å²) in [6.45, 7) is 3.53. The summed E-state index contributed by atoms with van der Waals surface area (Å²) in [4.78, 5) is 10.7. The molecular weight excluding hydrogens is 336 g/mol. The topological polar surface area (TPSA) is 76.2 Å². The molecule has 0 N–H and O–H groups in total. The molecule has 2 aromatic carbocycles. The van der Waals surface area contributed by atoms with Gasteiger partial charge in [-0.1, -0.05) is 15.9 Å². The highest BCUT2D eigenvalue weighted by atomic mass is 79.9. The molecule has 0 atom stereocenters. The van der Waals surface area contributed by atoms with E-state index in [1.165, 1.54) is 6.07 Å². The highest BCUT2D eigenvalue weighted by Gasteiger charge is 2.19. The maximum atomic E-state index is 11.1. The maximum Gasteiger partial charge on any atom is 0.312 e. The molecule has 2 rings (SSSR count). The molecule has 0 saturated carbocycles. The van der Waals surface area contributed by atoms with Crippen LogP contribution >= 0.6 is 15.9 Å². The lowest BCUT2D eigenvalue weighted by atomic mass is 10.1. The number of rotatable bonds is 3. The van der Waals surface area contributed by atoms with Gasteiger partial charge in [0.15, 0.2) is 0 Å². The summed E-state index contributed by atoms with van der Waals surface area (Å²) in [5.74, 6) is 0.660. The summed E-state index contributed by atoms with van der Waals surface area (Å²) in [5, 5.41) is 20.1. The van der Waals surface area contributed by atoms with Crippen molar-refractivity contribution in [3.63, 3.8) is 0 Å². The quantitative estimate of drug-likeness (QED) is 0.599. The van der Waals surface area contributed by atoms with E-state index in [2.05, 4.69) is 22.0 Å². The normalized spacial score (nSPS) is 10.0. The monoisotopic (exact) mass is 346 g/mol. The molecule has 106 valence electrons. The number of aryl methyl sites for hydroxylation is 2. The summed E-state index contributed by atoms with van der Waals surface area (Å²) in [6.07, 6.45) is 0. The molecule has 2 aromatic rings. The fourth-order valence-electron chi connectivity index (χ4n) is 1.92. The van der Waals surface area contributed by atoms with E-state index >= 15 is 0 Å². The molecule has 0 saturated heterocycles. The van der Waals surface area contributed by atoms with Crippen LogP contribution in [0.15, 0.2) is 34.8 Å². The molecule has 0 bridgehead atoms. The average molecular weight is 347 g/mol. The Morgan fingerprint density at radius 3 is 2.52 bits per heavy atom. The van der Waals surface area contributed by atoms with Crippen molar-refractivity contribution in [1.82, 2.24) is 0 Å². The lowest BCUT2D eigenvalue weighted by Gasteiger charge is -2.10. The van der Waals surface area contributed by atoms with Crippen molar-refractivity contribution in [2.75, 3.05) is 0 Å². The van der Waals surface area contributed by atoms with Gasteiger partial charge in [-0.05, 0) is 49.2 Å². The minimum atomic E-state index is -0.483. The highest BCUT2D eigenvalue weighted by Crippen LogP contribution is 2.37. The molecule has 0 spiro atoms. The molecule has 5 nitrogen and oxygen atoms in total. The van der Waals surface area contributed by atoms with Crippen molar-refractivity contribution in [3.05, 3.63) is 61.6 Å². The third-order valence-corrected chi connectivity index (χ3v) is 3.41. The van der Waals surface area contributed by atoms with Gasteiger partial charge in [0.1, 0.15) is 5.75 Å². The molecule has 6 heteroatoms. The molecule has 0 aliphatic carbocycles. The number of hydrogen-bond donors (Lipinski definition) is 0. The molecular formula is C15H11BrN2O3. The minimum Gasteiger partial charge on any atom is -0.450 e. The molecule has 0 heterocycles. The van der Waals surface area contributed by atoms with Gasteiger partial charge in [-0.3, -0.25) is 10.1 Å². The van der Waals surface area contributed by atoms with Crippen LogP contribution in [0.4, 0.5) is 5.69 Å². The third-order valence-electron chi connectivity index (χ3n) is 2.95. The SMILES string of the molecule is Cc1cc(Oc2c(C)cc(Br)cc2[N+](=O)[O-])ccc1C#N. The van der Waals surface area contributed by atoms with Crippen molar-refractivity contribution in [3.8, 4) is 17.6 Å². The molecule has 0 amide bonds. The molecule has 0 unspecified atom stereocenters. The van der Waals surface area contributed by atoms with Crippen LogP contribution in [-0.2, 0) is 0 Å². The van der Waals surface area contributed by atoms with Gasteiger partial charge in [-0.25, -0.2) is 0 Å². The van der Waals surface area contributed by atoms with E-state index in [0.29, 0.717) is 21.3 Å². The largest absolute Gasteiger partial charge is 0.450 e. The molecule has 0 aromatic heterocycles. The Labute approximate surface area is 130 Å². The van der Waals surface area contributed by atoms with Gasteiger partial charge in [-0.2, -0.15) is 5.26 Å². The van der Waals surface area contributed by atoms with E-state index in [1.54, 1.807) is 38.1 Å². The van der Waals surface area contributed by atoms with Crippen LogP contribution in [-0.4, -0.2) is 4.92 Å². The average Bonchev–Trinajstić information content (AvgIpc) is 2.41. The molecule has 0 radical (unpaired) electrons. The first-order valence-corrected chi connectivity index (χ1v) is 6.85. The zero-order chi connectivity index (χ0) is 15.6. The zero-order valence-electron chi connectivity index (χ0n) is 11.4. The Kier molecular flexibility index (Phi) is 4.24. The lowest BCUT2D eigenvalue weighted by Crippen LogP contribution is -1.96. The predicted molar refractivity (Wildman–Crippen MR) is 81.5 cm³/mol. The fourth-order valence-corrected chi connectivity index (χ4v) is 2.48. The number of hydrogen-bond acceptors (Lipinski definition) is 4. The third kappa shape index (κ3) is 3.20. The summed E-state index contributed by atoms with van der Waals surface area (Å²) >= 11 is 3.24. The molecule has 0 aliphatic heterocycles. The number of halogens is 1. The standard InChI is InChI=1S/C15H11BrN2O3/c1-9-6-13(4-3-11(9)8-17)21-15-10(2)5-12(16)7-14(15)18(19)20/h3-7H,1-2H3. The van der Waals surface area contributed by atoms with E-state index in [0.717, 1.165) is 5.56 Å². The summed E-state index contributed by atoms with van der Waals surface area (Å²) in [7, 11) is 0. The van der Waals surface area contributed by atoms with Crippen molar-refractivity contribution in [2.45, 2.75) is 13.8 Å². The van der Waals surface area contributed by atoms with Gasteiger partial charge in [0.05, 0.1) is 16.6 Å². The minimum absolute atomic E-state index is 0.108. The Morgan fingerprint density at radius 2 is 1.95 bits per heavy atom. The number of nitrogens with zero attached hydrogens (tertiary/aromatic N) is 2. The highest BCUT2D eigenvalue weighted by molar-refractivity contribution is 9.10. The number of nitriles is 1. The fraction of sp³-hybridized carbons (Fsp3) is 0.133. The molecule has 0 aliphatic rings. The molecule has 21 heavy (non-hydrogen) atoms. The lowest BCUT2D eigenvalue weighted by molar-refractivity contribution is -0.385. The smallest absolute Gasteiger partial charge is 0.312 e. The van der Waals surface area contributed by atoms with Crippen LogP contribution < -0.4 is 4.74 Å². The van der Waals surface area contributed by atoms with Gasteiger partial charge in [0.25, 0.3) is 0 Å². The summed E-state index contributed by atoms with van der Waals surface area (Å²) < 4.78 is 6.29. The first-order chi connectivity index (χ1) is 9.92. The number of nitro benzene ring substituents is 1. The van der Waals surface area contributed by atoms with Gasteiger partial charge < -0.3 is 4.74 Å². The number of benzene rings is 2. The van der Waals surface area contributed by atoms with Gasteiger partial charge >= 0.3 is 5.69 Å². The van der Waals surface area contributed by atoms with Crippen molar-refractivity contribution >= 4 is 21.6 Å². The van der Waals surface area contributed by atoms with Crippen LogP contribution in [0.3, 0.4) is 0 Å². The van der Waals surface area contributed by atoms with Gasteiger partial charge in [-0.15, -0.1) is 0 Å². The van der Waals surface area contributed by atoms with E-state index in [-0.39, 0.29) is 11.4 Å². The Hall–Kier alpha value is -2.39. The van der Waals surface area contributed by atoms with Crippen LogP contribution in [0, 0.1) is 35.3 Å². The summed E-state index contributed by atoms with van der Waals surface area (Å²) in [6, 6.07) is 10.2. The van der Waals surface area contributed by atoms with Crippen LogP contribution in [0.1, 0.15) is 16.7 Å². The van der Waals surface area contributed by atoms with Crippen LogP contribution in [0.25, 0.3) is 0 Å². The van der Waals surface area contributed by atoms with Gasteiger partial charge in [0, 0.05) is 10.5 Å². The second-order valence-electron chi connectivity index (χ2n) is 4.52. The van der Waals surface area contributed by atoms with Crippen LogP contribution in [0.5, 0.6) is 11.5 Å². The second-order valence-corrected chi connectivity index (χ2v) is 5.43. The van der Waals surface area contributed by atoms with E-state index < -0.39 is 4.92 Å². The summed E-state index contributed by atoms with van der Waals surface area (Å²) in [5.41, 5.74) is 1.85. The number of nitro groups is 1. The second kappa shape index (κ2) is 5.94. The van der Waals surface area contributed by atoms with Crippen molar-refractivity contribution in [1.29, 1.82) is 5.26 Å². The Morgan fingerprint density at radius 1 is 1.24 bits per heavy atom. The van der Waals surface area contributed by atoms with E-state index in [1.807, 2.05) is 0 Å². The van der Waals surface area contributed by atoms with Crippen LogP contribution in [0.2, 0.25) is 0 Å². The maximum absolute atomic E-state index is 11.1. The number of ether oxygens (including phenoxy) is 1. The Balaban J connectivity index is 2.47. The first kappa shape index (κ1) is 15.0.